The summed E-state index contributed by atoms with van der Waals surface area (Å²) in [5, 5.41) is 2.53. The molecule has 0 unspecified atom stereocenters. The molecule has 2 N–H and O–H groups in total. The summed E-state index contributed by atoms with van der Waals surface area (Å²) in [7, 11) is 0. The quantitative estimate of drug-likeness (QED) is 0.763. The molecule has 0 fully saturated rings. The van der Waals surface area contributed by atoms with Crippen LogP contribution in [0.2, 0.25) is 0 Å². The third kappa shape index (κ3) is 2.06. The summed E-state index contributed by atoms with van der Waals surface area (Å²) in [6.07, 6.45) is 0. The third-order valence-corrected chi connectivity index (χ3v) is 2.30. The average molecular weight is 208 g/mol. The van der Waals surface area contributed by atoms with Gasteiger partial charge in [-0.15, -0.1) is 12.4 Å². The number of rotatable bonds is 1. The molecular weight excluding hydrogens is 194 g/mol. The monoisotopic (exact) mass is 207 g/mol. The molecule has 0 radical (unpaired) electrons. The van der Waals surface area contributed by atoms with Crippen molar-refractivity contribution in [3.63, 3.8) is 0 Å². The van der Waals surface area contributed by atoms with Gasteiger partial charge in [0.2, 0.25) is 0 Å². The van der Waals surface area contributed by atoms with Gasteiger partial charge in [0.1, 0.15) is 0 Å². The molecule has 2 heteroatoms. The van der Waals surface area contributed by atoms with E-state index in [0.717, 1.165) is 0 Å². The Balaban J connectivity index is 0.000000980. The predicted molar refractivity (Wildman–Crippen MR) is 63.8 cm³/mol. The molecule has 1 atom stereocenters. The van der Waals surface area contributed by atoms with E-state index in [1.807, 2.05) is 19.1 Å². The van der Waals surface area contributed by atoms with Crippen molar-refractivity contribution in [3.8, 4) is 0 Å². The first-order chi connectivity index (χ1) is 6.27. The summed E-state index contributed by atoms with van der Waals surface area (Å²) in [5.41, 5.74) is 7.00. The zero-order chi connectivity index (χ0) is 9.26. The molecule has 74 valence electrons. The lowest BCUT2D eigenvalue weighted by atomic mass is 10.0. The summed E-state index contributed by atoms with van der Waals surface area (Å²) < 4.78 is 0. The Kier molecular flexibility index (Phi) is 3.50. The van der Waals surface area contributed by atoms with Gasteiger partial charge in [0.05, 0.1) is 0 Å². The third-order valence-electron chi connectivity index (χ3n) is 2.30. The Morgan fingerprint density at radius 3 is 2.29 bits per heavy atom. The lowest BCUT2D eigenvalue weighted by Crippen LogP contribution is -2.04. The van der Waals surface area contributed by atoms with E-state index >= 15 is 0 Å². The molecule has 0 bridgehead atoms. The Labute approximate surface area is 90.3 Å². The van der Waals surface area contributed by atoms with E-state index < -0.39 is 0 Å². The maximum absolute atomic E-state index is 5.80. The molecular formula is C12H14ClN. The van der Waals surface area contributed by atoms with Crippen LogP contribution in [-0.4, -0.2) is 0 Å². The first kappa shape index (κ1) is 11.0. The van der Waals surface area contributed by atoms with Gasteiger partial charge in [0.25, 0.3) is 0 Å². The second-order valence-corrected chi connectivity index (χ2v) is 3.40. The van der Waals surface area contributed by atoms with E-state index in [2.05, 4.69) is 30.3 Å². The van der Waals surface area contributed by atoms with Gasteiger partial charge in [0, 0.05) is 6.04 Å². The second kappa shape index (κ2) is 4.45. The largest absolute Gasteiger partial charge is 0.324 e. The topological polar surface area (TPSA) is 26.0 Å². The lowest BCUT2D eigenvalue weighted by Gasteiger charge is -2.06. The van der Waals surface area contributed by atoms with Gasteiger partial charge in [0.15, 0.2) is 0 Å². The minimum absolute atomic E-state index is 0. The molecule has 0 saturated heterocycles. The van der Waals surface area contributed by atoms with Gasteiger partial charge in [-0.1, -0.05) is 36.4 Å². The van der Waals surface area contributed by atoms with Crippen LogP contribution >= 0.6 is 12.4 Å². The summed E-state index contributed by atoms with van der Waals surface area (Å²) in [6, 6.07) is 14.8. The highest BCUT2D eigenvalue weighted by molar-refractivity contribution is 5.85. The molecule has 2 aromatic carbocycles. The van der Waals surface area contributed by atoms with Crippen LogP contribution in [0.1, 0.15) is 18.5 Å². The smallest absolute Gasteiger partial charge is 0.0266 e. The van der Waals surface area contributed by atoms with Gasteiger partial charge >= 0.3 is 0 Å². The van der Waals surface area contributed by atoms with Gasteiger partial charge < -0.3 is 5.73 Å². The summed E-state index contributed by atoms with van der Waals surface area (Å²) in [6.45, 7) is 2.00. The van der Waals surface area contributed by atoms with Crippen molar-refractivity contribution in [3.05, 3.63) is 48.0 Å². The molecule has 0 aliphatic carbocycles. The number of hydrogen-bond acceptors (Lipinski definition) is 1. The van der Waals surface area contributed by atoms with Crippen molar-refractivity contribution in [2.75, 3.05) is 0 Å². The molecule has 2 aromatic rings. The molecule has 0 spiro atoms. The zero-order valence-electron chi connectivity index (χ0n) is 8.10. The van der Waals surface area contributed by atoms with Crippen LogP contribution in [-0.2, 0) is 0 Å². The van der Waals surface area contributed by atoms with Gasteiger partial charge in [-0.2, -0.15) is 0 Å². The molecule has 0 amide bonds. The van der Waals surface area contributed by atoms with Crippen LogP contribution in [0.3, 0.4) is 0 Å². The fourth-order valence-electron chi connectivity index (χ4n) is 1.49. The van der Waals surface area contributed by atoms with Crippen LogP contribution in [0.5, 0.6) is 0 Å². The van der Waals surface area contributed by atoms with E-state index in [0.29, 0.717) is 0 Å². The molecule has 0 aromatic heterocycles. The van der Waals surface area contributed by atoms with Crippen LogP contribution in [0, 0.1) is 0 Å². The van der Waals surface area contributed by atoms with Gasteiger partial charge in [-0.05, 0) is 29.3 Å². The molecule has 0 saturated carbocycles. The summed E-state index contributed by atoms with van der Waals surface area (Å²) >= 11 is 0. The van der Waals surface area contributed by atoms with E-state index in [1.54, 1.807) is 0 Å². The minimum atomic E-state index is 0. The lowest BCUT2D eigenvalue weighted by molar-refractivity contribution is 0.820. The van der Waals surface area contributed by atoms with E-state index in [9.17, 15) is 0 Å². The summed E-state index contributed by atoms with van der Waals surface area (Å²) in [5.74, 6) is 0. The molecule has 0 aliphatic heterocycles. The SMILES string of the molecule is C[C@H](N)c1ccc2ccccc2c1.Cl. The normalized spacial score (nSPS) is 12.1. The number of fused-ring (bicyclic) bond motifs is 1. The number of hydrogen-bond donors (Lipinski definition) is 1. The standard InChI is InChI=1S/C12H13N.ClH/c1-9(13)11-7-6-10-4-2-3-5-12(10)8-11;/h2-9H,13H2,1H3;1H/t9-;/m0./s1. The maximum atomic E-state index is 5.80. The molecule has 2 rings (SSSR count). The fourth-order valence-corrected chi connectivity index (χ4v) is 1.49. The fraction of sp³-hybridized carbons (Fsp3) is 0.167. The van der Waals surface area contributed by atoms with E-state index in [-0.39, 0.29) is 18.4 Å². The van der Waals surface area contributed by atoms with E-state index in [4.69, 9.17) is 5.73 Å². The molecule has 14 heavy (non-hydrogen) atoms. The molecule has 0 aliphatic rings. The van der Waals surface area contributed by atoms with Gasteiger partial charge in [-0.25, -0.2) is 0 Å². The second-order valence-electron chi connectivity index (χ2n) is 3.40. The molecule has 1 nitrogen and oxygen atoms in total. The Morgan fingerprint density at radius 1 is 1.00 bits per heavy atom. The number of nitrogens with two attached hydrogens (primary N) is 1. The zero-order valence-corrected chi connectivity index (χ0v) is 8.92. The van der Waals surface area contributed by atoms with Crippen molar-refractivity contribution in [2.24, 2.45) is 5.73 Å². The number of benzene rings is 2. The van der Waals surface area contributed by atoms with Crippen molar-refractivity contribution in [2.45, 2.75) is 13.0 Å². The van der Waals surface area contributed by atoms with Crippen molar-refractivity contribution in [1.82, 2.24) is 0 Å². The average Bonchev–Trinajstić information content (AvgIpc) is 2.17. The minimum Gasteiger partial charge on any atom is -0.324 e. The Hall–Kier alpha value is -1.05. The van der Waals surface area contributed by atoms with Crippen molar-refractivity contribution >= 4 is 23.2 Å². The maximum Gasteiger partial charge on any atom is 0.0266 e. The van der Waals surface area contributed by atoms with Crippen molar-refractivity contribution in [1.29, 1.82) is 0 Å². The van der Waals surface area contributed by atoms with E-state index in [1.165, 1.54) is 16.3 Å². The Morgan fingerprint density at radius 2 is 1.64 bits per heavy atom. The van der Waals surface area contributed by atoms with Crippen molar-refractivity contribution < 1.29 is 0 Å². The predicted octanol–water partition coefficient (Wildman–Crippen LogP) is 3.28. The first-order valence-electron chi connectivity index (χ1n) is 4.51. The van der Waals surface area contributed by atoms with Crippen LogP contribution in [0.4, 0.5) is 0 Å². The molecule has 0 heterocycles. The van der Waals surface area contributed by atoms with Crippen LogP contribution in [0.25, 0.3) is 10.8 Å². The first-order valence-corrected chi connectivity index (χ1v) is 4.51. The highest BCUT2D eigenvalue weighted by Crippen LogP contribution is 2.18. The highest BCUT2D eigenvalue weighted by Gasteiger charge is 1.99. The van der Waals surface area contributed by atoms with Gasteiger partial charge in [-0.3, -0.25) is 0 Å². The van der Waals surface area contributed by atoms with Crippen LogP contribution in [0.15, 0.2) is 42.5 Å². The Bertz CT molecular complexity index is 423. The van der Waals surface area contributed by atoms with Crippen LogP contribution < -0.4 is 5.73 Å². The summed E-state index contributed by atoms with van der Waals surface area (Å²) in [4.78, 5) is 0. The highest BCUT2D eigenvalue weighted by atomic mass is 35.5. The number of halogens is 1.